The van der Waals surface area contributed by atoms with E-state index < -0.39 is 0 Å². The molecule has 0 aliphatic rings. The molecular formula is C7H13NO. The van der Waals surface area contributed by atoms with Gasteiger partial charge in [-0.05, 0) is 14.0 Å². The Labute approximate surface area is 56.6 Å². The van der Waals surface area contributed by atoms with Crippen molar-refractivity contribution in [3.05, 3.63) is 0 Å². The summed E-state index contributed by atoms with van der Waals surface area (Å²) in [4.78, 5) is 0. The molecule has 0 aromatic rings. The SMILES string of the molecule is CCOCC#CCNC. The van der Waals surface area contributed by atoms with Gasteiger partial charge in [0.05, 0.1) is 6.54 Å². The first-order valence-electron chi connectivity index (χ1n) is 3.10. The van der Waals surface area contributed by atoms with Crippen LogP contribution in [0.2, 0.25) is 0 Å². The van der Waals surface area contributed by atoms with Crippen molar-refractivity contribution in [2.75, 3.05) is 26.8 Å². The molecule has 0 aromatic carbocycles. The normalized spacial score (nSPS) is 8.22. The first-order valence-corrected chi connectivity index (χ1v) is 3.10. The Morgan fingerprint density at radius 3 is 2.78 bits per heavy atom. The van der Waals surface area contributed by atoms with Crippen LogP contribution in [0.15, 0.2) is 0 Å². The van der Waals surface area contributed by atoms with Crippen molar-refractivity contribution in [1.29, 1.82) is 0 Å². The van der Waals surface area contributed by atoms with E-state index >= 15 is 0 Å². The molecule has 0 unspecified atom stereocenters. The summed E-state index contributed by atoms with van der Waals surface area (Å²) in [6.07, 6.45) is 0. The molecule has 0 aromatic heterocycles. The third kappa shape index (κ3) is 7.48. The quantitative estimate of drug-likeness (QED) is 0.433. The molecule has 0 fully saturated rings. The fourth-order valence-electron chi connectivity index (χ4n) is 0.355. The molecule has 0 bridgehead atoms. The molecule has 2 heteroatoms. The standard InChI is InChI=1S/C7H13NO/c1-3-9-7-5-4-6-8-2/h8H,3,6-7H2,1-2H3. The average molecular weight is 127 g/mol. The molecule has 0 aliphatic carbocycles. The van der Waals surface area contributed by atoms with E-state index in [1.165, 1.54) is 0 Å². The summed E-state index contributed by atoms with van der Waals surface area (Å²) in [6.45, 7) is 4.00. The van der Waals surface area contributed by atoms with Gasteiger partial charge in [0, 0.05) is 6.61 Å². The van der Waals surface area contributed by atoms with Crippen LogP contribution in [0, 0.1) is 11.8 Å². The molecule has 0 saturated heterocycles. The van der Waals surface area contributed by atoms with E-state index in [4.69, 9.17) is 4.74 Å². The Hall–Kier alpha value is -0.520. The van der Waals surface area contributed by atoms with E-state index in [9.17, 15) is 0 Å². The van der Waals surface area contributed by atoms with Crippen LogP contribution in [0.3, 0.4) is 0 Å². The van der Waals surface area contributed by atoms with Gasteiger partial charge in [-0.25, -0.2) is 0 Å². The highest BCUT2D eigenvalue weighted by atomic mass is 16.5. The zero-order valence-electron chi connectivity index (χ0n) is 6.03. The third-order valence-corrected chi connectivity index (χ3v) is 0.769. The van der Waals surface area contributed by atoms with Crippen molar-refractivity contribution in [1.82, 2.24) is 5.32 Å². The Balaban J connectivity index is 2.96. The lowest BCUT2D eigenvalue weighted by Gasteiger charge is -1.88. The van der Waals surface area contributed by atoms with Crippen molar-refractivity contribution >= 4 is 0 Å². The zero-order chi connectivity index (χ0) is 6.95. The van der Waals surface area contributed by atoms with Crippen molar-refractivity contribution in [3.8, 4) is 11.8 Å². The lowest BCUT2D eigenvalue weighted by Crippen LogP contribution is -2.04. The largest absolute Gasteiger partial charge is 0.369 e. The van der Waals surface area contributed by atoms with Crippen molar-refractivity contribution in [2.24, 2.45) is 0 Å². The minimum Gasteiger partial charge on any atom is -0.369 e. The summed E-state index contributed by atoms with van der Waals surface area (Å²) >= 11 is 0. The number of ether oxygens (including phenoxy) is 1. The lowest BCUT2D eigenvalue weighted by atomic mass is 10.6. The molecule has 2 nitrogen and oxygen atoms in total. The summed E-state index contributed by atoms with van der Waals surface area (Å²) in [6, 6.07) is 0. The van der Waals surface area contributed by atoms with E-state index in [0.29, 0.717) is 6.61 Å². The first-order chi connectivity index (χ1) is 4.41. The highest BCUT2D eigenvalue weighted by molar-refractivity contribution is 5.00. The second-order valence-corrected chi connectivity index (χ2v) is 1.52. The monoisotopic (exact) mass is 127 g/mol. The predicted molar refractivity (Wildman–Crippen MR) is 38.2 cm³/mol. The fraction of sp³-hybridized carbons (Fsp3) is 0.714. The Morgan fingerprint density at radius 1 is 1.44 bits per heavy atom. The van der Waals surface area contributed by atoms with Crippen molar-refractivity contribution < 1.29 is 4.74 Å². The number of hydrogen-bond donors (Lipinski definition) is 1. The van der Waals surface area contributed by atoms with E-state index in [1.54, 1.807) is 0 Å². The van der Waals surface area contributed by atoms with Crippen LogP contribution in [0.25, 0.3) is 0 Å². The van der Waals surface area contributed by atoms with Gasteiger partial charge in [0.2, 0.25) is 0 Å². The highest BCUT2D eigenvalue weighted by Gasteiger charge is 1.72. The topological polar surface area (TPSA) is 21.3 Å². The summed E-state index contributed by atoms with van der Waals surface area (Å²) < 4.78 is 4.98. The average Bonchev–Trinajstić information content (AvgIpc) is 1.89. The fourth-order valence-corrected chi connectivity index (χ4v) is 0.355. The molecule has 0 atom stereocenters. The van der Waals surface area contributed by atoms with Crippen LogP contribution in [0.5, 0.6) is 0 Å². The third-order valence-electron chi connectivity index (χ3n) is 0.769. The molecule has 0 rings (SSSR count). The molecule has 0 amide bonds. The lowest BCUT2D eigenvalue weighted by molar-refractivity contribution is 0.182. The van der Waals surface area contributed by atoms with Gasteiger partial charge < -0.3 is 10.1 Å². The summed E-state index contributed by atoms with van der Waals surface area (Å²) in [5.74, 6) is 5.74. The van der Waals surface area contributed by atoms with Crippen LogP contribution in [-0.4, -0.2) is 26.8 Å². The van der Waals surface area contributed by atoms with Crippen LogP contribution < -0.4 is 5.32 Å². The van der Waals surface area contributed by atoms with Gasteiger partial charge in [-0.15, -0.1) is 0 Å². The van der Waals surface area contributed by atoms with Gasteiger partial charge in [0.1, 0.15) is 6.61 Å². The minimum absolute atomic E-state index is 0.554. The van der Waals surface area contributed by atoms with Crippen molar-refractivity contribution in [3.63, 3.8) is 0 Å². The number of nitrogens with one attached hydrogen (secondary N) is 1. The summed E-state index contributed by atoms with van der Waals surface area (Å²) in [7, 11) is 1.87. The highest BCUT2D eigenvalue weighted by Crippen LogP contribution is 1.67. The minimum atomic E-state index is 0.554. The summed E-state index contributed by atoms with van der Waals surface area (Å²) in [5.41, 5.74) is 0. The second kappa shape index (κ2) is 7.48. The molecule has 0 aliphatic heterocycles. The molecule has 0 radical (unpaired) electrons. The van der Waals surface area contributed by atoms with Gasteiger partial charge in [-0.1, -0.05) is 11.8 Å². The molecule has 52 valence electrons. The maximum Gasteiger partial charge on any atom is 0.107 e. The smallest absolute Gasteiger partial charge is 0.107 e. The van der Waals surface area contributed by atoms with Gasteiger partial charge in [0.15, 0.2) is 0 Å². The Kier molecular flexibility index (Phi) is 7.05. The van der Waals surface area contributed by atoms with Crippen molar-refractivity contribution in [2.45, 2.75) is 6.92 Å². The molecule has 1 N–H and O–H groups in total. The number of hydrogen-bond acceptors (Lipinski definition) is 2. The van der Waals surface area contributed by atoms with Gasteiger partial charge in [0.25, 0.3) is 0 Å². The first kappa shape index (κ1) is 8.48. The Bertz CT molecular complexity index is 101. The predicted octanol–water partition coefficient (Wildman–Crippen LogP) is 0.246. The van der Waals surface area contributed by atoms with E-state index in [1.807, 2.05) is 14.0 Å². The summed E-state index contributed by atoms with van der Waals surface area (Å²) in [5, 5.41) is 2.92. The molecule has 0 heterocycles. The van der Waals surface area contributed by atoms with Gasteiger partial charge in [-0.2, -0.15) is 0 Å². The maximum atomic E-state index is 4.98. The molecule has 9 heavy (non-hydrogen) atoms. The zero-order valence-corrected chi connectivity index (χ0v) is 6.03. The number of rotatable bonds is 3. The van der Waals surface area contributed by atoms with Crippen LogP contribution in [0.4, 0.5) is 0 Å². The van der Waals surface area contributed by atoms with Crippen LogP contribution >= 0.6 is 0 Å². The second-order valence-electron chi connectivity index (χ2n) is 1.52. The molecule has 0 spiro atoms. The van der Waals surface area contributed by atoms with E-state index in [2.05, 4.69) is 17.2 Å². The van der Waals surface area contributed by atoms with E-state index in [0.717, 1.165) is 13.2 Å². The van der Waals surface area contributed by atoms with Gasteiger partial charge in [-0.3, -0.25) is 0 Å². The van der Waals surface area contributed by atoms with Crippen LogP contribution in [0.1, 0.15) is 6.92 Å². The maximum absolute atomic E-state index is 4.98. The van der Waals surface area contributed by atoms with E-state index in [-0.39, 0.29) is 0 Å². The Morgan fingerprint density at radius 2 is 2.22 bits per heavy atom. The molecular weight excluding hydrogens is 114 g/mol. The van der Waals surface area contributed by atoms with Crippen LogP contribution in [-0.2, 0) is 4.74 Å². The molecule has 0 saturated carbocycles. The van der Waals surface area contributed by atoms with Gasteiger partial charge >= 0.3 is 0 Å².